The van der Waals surface area contributed by atoms with Crippen molar-refractivity contribution in [2.75, 3.05) is 45.7 Å². The molecule has 0 bridgehead atoms. The molecule has 2 N–H and O–H groups in total. The molecule has 0 fully saturated rings. The second-order valence-corrected chi connectivity index (χ2v) is 6.82. The lowest BCUT2D eigenvalue weighted by atomic mass is 10.1. The molecular weight excluding hydrogens is 329 g/mol. The van der Waals surface area contributed by atoms with Gasteiger partial charge in [0, 0.05) is 33.7 Å². The van der Waals surface area contributed by atoms with E-state index in [1.807, 2.05) is 20.2 Å². The quantitative estimate of drug-likeness (QED) is 0.494. The Morgan fingerprint density at radius 2 is 1.92 bits per heavy atom. The van der Waals surface area contributed by atoms with Gasteiger partial charge < -0.3 is 20.4 Å². The SMILES string of the molecule is CCN(CC)CCCC(C)NC(=NC)NCc1ccc(N(C)C)c(F)c1. The number of aliphatic imine (C=N–C) groups is 1. The minimum Gasteiger partial charge on any atom is -0.375 e. The van der Waals surface area contributed by atoms with Gasteiger partial charge in [0.1, 0.15) is 5.82 Å². The van der Waals surface area contributed by atoms with E-state index in [-0.39, 0.29) is 5.82 Å². The van der Waals surface area contributed by atoms with Crippen molar-refractivity contribution in [2.45, 2.75) is 46.2 Å². The lowest BCUT2D eigenvalue weighted by molar-refractivity contribution is 0.292. The van der Waals surface area contributed by atoms with Crippen LogP contribution < -0.4 is 15.5 Å². The van der Waals surface area contributed by atoms with Crippen molar-refractivity contribution in [1.82, 2.24) is 15.5 Å². The van der Waals surface area contributed by atoms with Crippen molar-refractivity contribution in [3.63, 3.8) is 0 Å². The van der Waals surface area contributed by atoms with Gasteiger partial charge >= 0.3 is 0 Å². The Bertz CT molecular complexity index is 555. The maximum Gasteiger partial charge on any atom is 0.191 e. The predicted molar refractivity (Wildman–Crippen MR) is 111 cm³/mol. The number of benzene rings is 1. The molecule has 148 valence electrons. The summed E-state index contributed by atoms with van der Waals surface area (Å²) in [6.45, 7) is 10.4. The van der Waals surface area contributed by atoms with Crippen LogP contribution in [0.4, 0.5) is 10.1 Å². The molecule has 0 saturated carbocycles. The molecule has 0 saturated heterocycles. The molecule has 1 atom stereocenters. The summed E-state index contributed by atoms with van der Waals surface area (Å²) in [5.41, 5.74) is 1.49. The first-order valence-electron chi connectivity index (χ1n) is 9.56. The van der Waals surface area contributed by atoms with Gasteiger partial charge in [-0.05, 0) is 57.1 Å². The summed E-state index contributed by atoms with van der Waals surface area (Å²) in [5.74, 6) is 0.541. The second-order valence-electron chi connectivity index (χ2n) is 6.82. The third kappa shape index (κ3) is 7.60. The maximum absolute atomic E-state index is 14.1. The number of rotatable bonds is 10. The molecule has 5 nitrogen and oxygen atoms in total. The molecule has 0 aliphatic rings. The van der Waals surface area contributed by atoms with Crippen LogP contribution in [0.25, 0.3) is 0 Å². The van der Waals surface area contributed by atoms with Crippen LogP contribution in [0.1, 0.15) is 39.2 Å². The Hall–Kier alpha value is -1.82. The van der Waals surface area contributed by atoms with E-state index < -0.39 is 0 Å². The Balaban J connectivity index is 2.44. The van der Waals surface area contributed by atoms with E-state index in [0.29, 0.717) is 18.3 Å². The second kappa shape index (κ2) is 11.7. The zero-order valence-corrected chi connectivity index (χ0v) is 17.3. The first-order valence-corrected chi connectivity index (χ1v) is 9.56. The van der Waals surface area contributed by atoms with Crippen LogP contribution in [0, 0.1) is 5.82 Å². The molecule has 1 aromatic carbocycles. The highest BCUT2D eigenvalue weighted by Crippen LogP contribution is 2.18. The van der Waals surface area contributed by atoms with E-state index in [0.717, 1.165) is 44.0 Å². The average Bonchev–Trinajstić information content (AvgIpc) is 2.62. The van der Waals surface area contributed by atoms with Gasteiger partial charge in [0.05, 0.1) is 5.69 Å². The van der Waals surface area contributed by atoms with Crippen molar-refractivity contribution in [1.29, 1.82) is 0 Å². The highest BCUT2D eigenvalue weighted by Gasteiger charge is 2.08. The fourth-order valence-electron chi connectivity index (χ4n) is 2.87. The van der Waals surface area contributed by atoms with Crippen LogP contribution in [-0.4, -0.2) is 57.7 Å². The van der Waals surface area contributed by atoms with Crippen LogP contribution in [0.2, 0.25) is 0 Å². The van der Waals surface area contributed by atoms with Crippen molar-refractivity contribution in [2.24, 2.45) is 4.99 Å². The van der Waals surface area contributed by atoms with Crippen LogP contribution in [0.3, 0.4) is 0 Å². The van der Waals surface area contributed by atoms with Crippen molar-refractivity contribution >= 4 is 11.6 Å². The van der Waals surface area contributed by atoms with Crippen LogP contribution >= 0.6 is 0 Å². The highest BCUT2D eigenvalue weighted by molar-refractivity contribution is 5.79. The third-order valence-corrected chi connectivity index (χ3v) is 4.57. The lowest BCUT2D eigenvalue weighted by Gasteiger charge is -2.21. The standard InChI is InChI=1S/C20H36FN5/c1-7-26(8-2)13-9-10-16(3)24-20(22-4)23-15-17-11-12-19(25(5)6)18(21)14-17/h11-12,14,16H,7-10,13,15H2,1-6H3,(H2,22,23,24). The van der Waals surface area contributed by atoms with E-state index in [1.54, 1.807) is 24.1 Å². The fourth-order valence-corrected chi connectivity index (χ4v) is 2.87. The zero-order chi connectivity index (χ0) is 19.5. The van der Waals surface area contributed by atoms with Gasteiger partial charge in [0.2, 0.25) is 0 Å². The van der Waals surface area contributed by atoms with Gasteiger partial charge in [0.15, 0.2) is 5.96 Å². The molecule has 0 aliphatic carbocycles. The number of anilines is 1. The summed E-state index contributed by atoms with van der Waals surface area (Å²) in [7, 11) is 5.43. The van der Waals surface area contributed by atoms with Crippen LogP contribution in [0.15, 0.2) is 23.2 Å². The van der Waals surface area contributed by atoms with Crippen LogP contribution in [-0.2, 0) is 6.54 Å². The Kier molecular flexibility index (Phi) is 10.0. The fraction of sp³-hybridized carbons (Fsp3) is 0.650. The number of halogens is 1. The van der Waals surface area contributed by atoms with E-state index in [1.165, 1.54) is 0 Å². The summed E-state index contributed by atoms with van der Waals surface area (Å²) in [5, 5.41) is 6.67. The van der Waals surface area contributed by atoms with Crippen molar-refractivity contribution in [3.8, 4) is 0 Å². The van der Waals surface area contributed by atoms with E-state index in [4.69, 9.17) is 0 Å². The summed E-state index contributed by atoms with van der Waals surface area (Å²) in [6.07, 6.45) is 2.24. The molecule has 26 heavy (non-hydrogen) atoms. The molecule has 0 aliphatic heterocycles. The Morgan fingerprint density at radius 1 is 1.23 bits per heavy atom. The summed E-state index contributed by atoms with van der Waals surface area (Å²) in [6, 6.07) is 5.65. The zero-order valence-electron chi connectivity index (χ0n) is 17.3. The number of guanidine groups is 1. The first-order chi connectivity index (χ1) is 12.4. The molecule has 1 unspecified atom stereocenters. The summed E-state index contributed by atoms with van der Waals surface area (Å²) < 4.78 is 14.1. The molecular formula is C20H36FN5. The number of nitrogens with one attached hydrogen (secondary N) is 2. The molecule has 0 heterocycles. The molecule has 0 spiro atoms. The Labute approximate surface area is 158 Å². The van der Waals surface area contributed by atoms with Gasteiger partial charge in [-0.25, -0.2) is 4.39 Å². The van der Waals surface area contributed by atoms with E-state index in [9.17, 15) is 4.39 Å². The number of hydrogen-bond donors (Lipinski definition) is 2. The molecule has 0 amide bonds. The average molecular weight is 366 g/mol. The maximum atomic E-state index is 14.1. The molecule has 0 radical (unpaired) electrons. The normalized spacial score (nSPS) is 13.0. The topological polar surface area (TPSA) is 42.9 Å². The van der Waals surface area contributed by atoms with Gasteiger partial charge in [-0.2, -0.15) is 0 Å². The molecule has 1 rings (SSSR count). The minimum absolute atomic E-state index is 0.206. The minimum atomic E-state index is -0.206. The van der Waals surface area contributed by atoms with Gasteiger partial charge in [-0.1, -0.05) is 19.9 Å². The lowest BCUT2D eigenvalue weighted by Crippen LogP contribution is -2.42. The summed E-state index contributed by atoms with van der Waals surface area (Å²) in [4.78, 5) is 8.48. The first kappa shape index (κ1) is 22.2. The van der Waals surface area contributed by atoms with Gasteiger partial charge in [-0.3, -0.25) is 4.99 Å². The third-order valence-electron chi connectivity index (χ3n) is 4.57. The van der Waals surface area contributed by atoms with E-state index >= 15 is 0 Å². The number of hydrogen-bond acceptors (Lipinski definition) is 3. The monoisotopic (exact) mass is 365 g/mol. The molecule has 6 heteroatoms. The van der Waals surface area contributed by atoms with Crippen molar-refractivity contribution in [3.05, 3.63) is 29.6 Å². The highest BCUT2D eigenvalue weighted by atomic mass is 19.1. The Morgan fingerprint density at radius 3 is 2.46 bits per heavy atom. The van der Waals surface area contributed by atoms with Gasteiger partial charge in [-0.15, -0.1) is 0 Å². The van der Waals surface area contributed by atoms with Gasteiger partial charge in [0.25, 0.3) is 0 Å². The largest absolute Gasteiger partial charge is 0.375 e. The van der Waals surface area contributed by atoms with E-state index in [2.05, 4.69) is 41.3 Å². The number of nitrogens with zero attached hydrogens (tertiary/aromatic N) is 3. The molecule has 1 aromatic rings. The smallest absolute Gasteiger partial charge is 0.191 e. The predicted octanol–water partition coefficient (Wildman–Crippen LogP) is 3.07. The molecule has 0 aromatic heterocycles. The van der Waals surface area contributed by atoms with Crippen LogP contribution in [0.5, 0.6) is 0 Å². The van der Waals surface area contributed by atoms with Crippen molar-refractivity contribution < 1.29 is 4.39 Å². The summed E-state index contributed by atoms with van der Waals surface area (Å²) >= 11 is 0.